The van der Waals surface area contributed by atoms with E-state index in [2.05, 4.69) is 10.3 Å². The van der Waals surface area contributed by atoms with E-state index in [0.717, 1.165) is 10.9 Å². The van der Waals surface area contributed by atoms with Gasteiger partial charge in [0.25, 0.3) is 5.56 Å². The smallest absolute Gasteiger partial charge is 0.337 e. The number of para-hydroxylation sites is 1. The fraction of sp³-hybridized carbons (Fsp3) is 0.240. The quantitative estimate of drug-likeness (QED) is 0.425. The fourth-order valence-electron chi connectivity index (χ4n) is 4.18. The van der Waals surface area contributed by atoms with Gasteiger partial charge in [0.15, 0.2) is 5.65 Å². The number of anilines is 1. The summed E-state index contributed by atoms with van der Waals surface area (Å²) in [4.78, 5) is 54.1. The zero-order valence-electron chi connectivity index (χ0n) is 19.7. The molecule has 180 valence electrons. The number of aryl methyl sites for hydroxylation is 1. The molecular formula is C25H24N4O6. The summed E-state index contributed by atoms with van der Waals surface area (Å²) in [6.45, 7) is 3.64. The van der Waals surface area contributed by atoms with Gasteiger partial charge in [0.05, 0.1) is 30.9 Å². The number of nitrogens with one attached hydrogen (secondary N) is 1. The Labute approximate surface area is 200 Å². The van der Waals surface area contributed by atoms with Crippen molar-refractivity contribution in [1.29, 1.82) is 0 Å². The van der Waals surface area contributed by atoms with E-state index in [1.165, 1.54) is 38.5 Å². The average Bonchev–Trinajstić information content (AvgIpc) is 3.17. The topological polar surface area (TPSA) is 121 Å². The van der Waals surface area contributed by atoms with Gasteiger partial charge in [-0.3, -0.25) is 14.3 Å². The molecule has 0 fully saturated rings. The third-order valence-corrected chi connectivity index (χ3v) is 5.72. The van der Waals surface area contributed by atoms with Crippen molar-refractivity contribution in [3.05, 3.63) is 75.7 Å². The lowest BCUT2D eigenvalue weighted by Crippen LogP contribution is -2.29. The van der Waals surface area contributed by atoms with Crippen molar-refractivity contribution in [2.24, 2.45) is 0 Å². The Morgan fingerprint density at radius 3 is 2.23 bits per heavy atom. The van der Waals surface area contributed by atoms with Gasteiger partial charge in [-0.15, -0.1) is 0 Å². The van der Waals surface area contributed by atoms with Crippen LogP contribution in [0.5, 0.6) is 0 Å². The highest BCUT2D eigenvalue weighted by atomic mass is 16.5. The number of hydrogen-bond acceptors (Lipinski definition) is 7. The first-order valence-electron chi connectivity index (χ1n) is 10.9. The zero-order valence-corrected chi connectivity index (χ0v) is 19.7. The molecule has 0 spiro atoms. The number of carbonyl (C=O) groups is 3. The van der Waals surface area contributed by atoms with Gasteiger partial charge in [-0.05, 0) is 43.7 Å². The van der Waals surface area contributed by atoms with E-state index >= 15 is 0 Å². The maximum absolute atomic E-state index is 13.5. The van der Waals surface area contributed by atoms with Crippen molar-refractivity contribution in [2.45, 2.75) is 26.3 Å². The number of aromatic nitrogens is 3. The van der Waals surface area contributed by atoms with Crippen LogP contribution in [0.1, 0.15) is 45.8 Å². The normalized spacial score (nSPS) is 11.9. The molecule has 0 bridgehead atoms. The Balaban J connectivity index is 1.83. The minimum absolute atomic E-state index is 0.0907. The van der Waals surface area contributed by atoms with Crippen LogP contribution >= 0.6 is 0 Å². The second-order valence-electron chi connectivity index (χ2n) is 7.93. The van der Waals surface area contributed by atoms with Gasteiger partial charge in [0, 0.05) is 22.8 Å². The molecule has 1 amide bonds. The molecule has 1 N–H and O–H groups in total. The molecule has 10 heteroatoms. The molecule has 0 aliphatic carbocycles. The van der Waals surface area contributed by atoms with Crippen LogP contribution < -0.4 is 10.9 Å². The number of esters is 2. The van der Waals surface area contributed by atoms with E-state index < -0.39 is 18.0 Å². The fourth-order valence-corrected chi connectivity index (χ4v) is 4.18. The number of carbonyl (C=O) groups excluding carboxylic acids is 3. The van der Waals surface area contributed by atoms with Gasteiger partial charge in [0.1, 0.15) is 6.04 Å². The Morgan fingerprint density at radius 1 is 1.00 bits per heavy atom. The molecule has 2 heterocycles. The van der Waals surface area contributed by atoms with Crippen molar-refractivity contribution in [2.75, 3.05) is 19.5 Å². The second kappa shape index (κ2) is 9.41. The van der Waals surface area contributed by atoms with Gasteiger partial charge < -0.3 is 14.8 Å². The van der Waals surface area contributed by atoms with Crippen LogP contribution in [-0.2, 0) is 14.3 Å². The van der Waals surface area contributed by atoms with Gasteiger partial charge in [0.2, 0.25) is 5.91 Å². The summed E-state index contributed by atoms with van der Waals surface area (Å²) < 4.78 is 13.1. The monoisotopic (exact) mass is 476 g/mol. The molecular weight excluding hydrogens is 452 g/mol. The van der Waals surface area contributed by atoms with Crippen LogP contribution in [0.4, 0.5) is 5.69 Å². The van der Waals surface area contributed by atoms with Crippen LogP contribution in [-0.4, -0.2) is 46.2 Å². The predicted molar refractivity (Wildman–Crippen MR) is 129 cm³/mol. The Morgan fingerprint density at radius 2 is 1.63 bits per heavy atom. The Bertz CT molecular complexity index is 1500. The summed E-state index contributed by atoms with van der Waals surface area (Å²) in [6, 6.07) is 12.3. The Hall–Kier alpha value is -4.47. The van der Waals surface area contributed by atoms with Crippen LogP contribution in [0, 0.1) is 6.92 Å². The molecule has 4 aromatic rings. The zero-order chi connectivity index (χ0) is 25.3. The van der Waals surface area contributed by atoms with Gasteiger partial charge in [-0.25, -0.2) is 14.1 Å². The maximum atomic E-state index is 13.5. The molecule has 2 aromatic carbocycles. The minimum atomic E-state index is -0.705. The van der Waals surface area contributed by atoms with Crippen molar-refractivity contribution in [1.82, 2.24) is 14.2 Å². The summed E-state index contributed by atoms with van der Waals surface area (Å²) in [7, 11) is 2.45. The van der Waals surface area contributed by atoms with Gasteiger partial charge in [-0.2, -0.15) is 4.98 Å². The van der Waals surface area contributed by atoms with Crippen LogP contribution in [0.2, 0.25) is 0 Å². The van der Waals surface area contributed by atoms with E-state index in [-0.39, 0.29) is 28.3 Å². The molecule has 2 aromatic heterocycles. The first-order valence-corrected chi connectivity index (χ1v) is 10.9. The lowest BCUT2D eigenvalue weighted by Gasteiger charge is -2.21. The van der Waals surface area contributed by atoms with Gasteiger partial charge >= 0.3 is 11.9 Å². The largest absolute Gasteiger partial charge is 0.465 e. The van der Waals surface area contributed by atoms with E-state index in [4.69, 9.17) is 9.47 Å². The summed E-state index contributed by atoms with van der Waals surface area (Å²) in [5.74, 6) is -1.70. The number of rotatable bonds is 6. The van der Waals surface area contributed by atoms with E-state index in [9.17, 15) is 19.2 Å². The van der Waals surface area contributed by atoms with Gasteiger partial charge in [-0.1, -0.05) is 19.1 Å². The van der Waals surface area contributed by atoms with E-state index in [1.807, 2.05) is 31.2 Å². The van der Waals surface area contributed by atoms with Crippen LogP contribution in [0.15, 0.2) is 53.3 Å². The van der Waals surface area contributed by atoms with Crippen molar-refractivity contribution in [3.63, 3.8) is 0 Å². The summed E-state index contributed by atoms with van der Waals surface area (Å²) in [5, 5.41) is 3.55. The number of amides is 1. The standard InChI is InChI=1S/C25H24N4O6/c1-5-19(23(31)26-17-12-15(24(32)34-3)11-16(13-17)25(33)35-4)29-20-9-7-6-8-18(20)22-27-21(30)10-14(2)28(22)29/h6-13,19H,5H2,1-4H3,(H,26,31)/t19-/m0/s1. The lowest BCUT2D eigenvalue weighted by molar-refractivity contribution is -0.119. The SMILES string of the molecule is CC[C@@H](C(=O)Nc1cc(C(=O)OC)cc(C(=O)OC)c1)n1c2ccccc2c2nc(=O)cc(C)n21. The predicted octanol–water partition coefficient (Wildman–Crippen LogP) is 3.12. The minimum Gasteiger partial charge on any atom is -0.465 e. The molecule has 10 nitrogen and oxygen atoms in total. The Kier molecular flexibility index (Phi) is 6.37. The molecule has 0 saturated carbocycles. The molecule has 1 atom stereocenters. The molecule has 0 aliphatic rings. The summed E-state index contributed by atoms with van der Waals surface area (Å²) in [5.41, 5.74) is 1.87. The summed E-state index contributed by atoms with van der Waals surface area (Å²) in [6.07, 6.45) is 0.408. The number of ether oxygens (including phenoxy) is 2. The maximum Gasteiger partial charge on any atom is 0.337 e. The average molecular weight is 476 g/mol. The third-order valence-electron chi connectivity index (χ3n) is 5.72. The number of hydrogen-bond donors (Lipinski definition) is 1. The molecule has 0 radical (unpaired) electrons. The number of benzene rings is 2. The first kappa shape index (κ1) is 23.7. The highest BCUT2D eigenvalue weighted by Gasteiger charge is 2.25. The van der Waals surface area contributed by atoms with Crippen LogP contribution in [0.3, 0.4) is 0 Å². The lowest BCUT2D eigenvalue weighted by atomic mass is 10.1. The second-order valence-corrected chi connectivity index (χ2v) is 7.93. The number of methoxy groups -OCH3 is 2. The highest BCUT2D eigenvalue weighted by molar-refractivity contribution is 6.01. The van der Waals surface area contributed by atoms with Crippen LogP contribution in [0.25, 0.3) is 16.6 Å². The molecule has 4 rings (SSSR count). The van der Waals surface area contributed by atoms with Crippen molar-refractivity contribution < 1.29 is 23.9 Å². The number of nitrogens with zero attached hydrogens (tertiary/aromatic N) is 3. The van der Waals surface area contributed by atoms with E-state index in [0.29, 0.717) is 17.8 Å². The van der Waals surface area contributed by atoms with E-state index in [1.54, 1.807) is 16.1 Å². The van der Waals surface area contributed by atoms with Crippen molar-refractivity contribution in [3.8, 4) is 0 Å². The molecule has 0 unspecified atom stereocenters. The highest BCUT2D eigenvalue weighted by Crippen LogP contribution is 2.28. The number of fused-ring (bicyclic) bond motifs is 3. The molecule has 0 aliphatic heterocycles. The third kappa shape index (κ3) is 4.25. The summed E-state index contributed by atoms with van der Waals surface area (Å²) >= 11 is 0. The van der Waals surface area contributed by atoms with Crippen molar-refractivity contribution >= 4 is 40.1 Å². The first-order chi connectivity index (χ1) is 16.8. The molecule has 35 heavy (non-hydrogen) atoms. The molecule has 0 saturated heterocycles.